The number of ether oxygens (including phenoxy) is 1. The SMILES string of the molecule is COC(=O)c1ccc(C(=O)Nc2nnc(-c3ccccc3S(C)(=O)=O)o2)cc1. The van der Waals surface area contributed by atoms with E-state index in [0.29, 0.717) is 5.56 Å². The Morgan fingerprint density at radius 3 is 2.29 bits per heavy atom. The number of hydrogen-bond acceptors (Lipinski definition) is 8. The summed E-state index contributed by atoms with van der Waals surface area (Å²) in [6.07, 6.45) is 1.07. The Balaban J connectivity index is 1.80. The first kappa shape index (κ1) is 19.2. The monoisotopic (exact) mass is 401 g/mol. The Labute approximate surface area is 160 Å². The normalized spacial score (nSPS) is 11.1. The molecule has 3 rings (SSSR count). The fourth-order valence-electron chi connectivity index (χ4n) is 2.39. The minimum atomic E-state index is -3.50. The Hall–Kier alpha value is -3.53. The van der Waals surface area contributed by atoms with Gasteiger partial charge in [-0.3, -0.25) is 10.1 Å². The van der Waals surface area contributed by atoms with Gasteiger partial charge in [0.2, 0.25) is 0 Å². The second-order valence-corrected chi connectivity index (χ2v) is 7.69. The summed E-state index contributed by atoms with van der Waals surface area (Å²) >= 11 is 0. The van der Waals surface area contributed by atoms with E-state index in [9.17, 15) is 18.0 Å². The molecule has 1 aromatic heterocycles. The lowest BCUT2D eigenvalue weighted by molar-refractivity contribution is 0.0600. The summed E-state index contributed by atoms with van der Waals surface area (Å²) in [6.45, 7) is 0. The number of nitrogens with one attached hydrogen (secondary N) is 1. The summed E-state index contributed by atoms with van der Waals surface area (Å²) in [7, 11) is -2.24. The summed E-state index contributed by atoms with van der Waals surface area (Å²) in [5.41, 5.74) is 0.792. The van der Waals surface area contributed by atoms with Gasteiger partial charge in [-0.15, -0.1) is 5.10 Å². The fourth-order valence-corrected chi connectivity index (χ4v) is 3.27. The molecule has 2 aromatic carbocycles. The van der Waals surface area contributed by atoms with E-state index in [-0.39, 0.29) is 27.9 Å². The molecule has 0 radical (unpaired) electrons. The first-order valence-electron chi connectivity index (χ1n) is 7.92. The van der Waals surface area contributed by atoms with Crippen molar-refractivity contribution in [1.82, 2.24) is 10.2 Å². The molecule has 3 aromatic rings. The Kier molecular flexibility index (Phi) is 5.23. The van der Waals surface area contributed by atoms with Crippen molar-refractivity contribution >= 4 is 27.7 Å². The van der Waals surface area contributed by atoms with Gasteiger partial charge in [-0.2, -0.15) is 0 Å². The third-order valence-corrected chi connectivity index (χ3v) is 4.89. The van der Waals surface area contributed by atoms with Crippen molar-refractivity contribution in [3.63, 3.8) is 0 Å². The van der Waals surface area contributed by atoms with E-state index >= 15 is 0 Å². The third kappa shape index (κ3) is 4.07. The van der Waals surface area contributed by atoms with Crippen molar-refractivity contribution in [3.8, 4) is 11.5 Å². The number of esters is 1. The third-order valence-electron chi connectivity index (χ3n) is 3.73. The van der Waals surface area contributed by atoms with Crippen LogP contribution in [0.5, 0.6) is 0 Å². The number of carbonyl (C=O) groups excluding carboxylic acids is 2. The Morgan fingerprint density at radius 1 is 1.00 bits per heavy atom. The maximum absolute atomic E-state index is 12.3. The smallest absolute Gasteiger partial charge is 0.337 e. The Morgan fingerprint density at radius 2 is 1.64 bits per heavy atom. The molecule has 0 spiro atoms. The van der Waals surface area contributed by atoms with E-state index in [2.05, 4.69) is 20.3 Å². The van der Waals surface area contributed by atoms with Crippen molar-refractivity contribution < 1.29 is 27.2 Å². The molecule has 1 amide bonds. The van der Waals surface area contributed by atoms with Crippen LogP contribution in [0, 0.1) is 0 Å². The van der Waals surface area contributed by atoms with Gasteiger partial charge in [-0.05, 0) is 36.4 Å². The number of rotatable bonds is 5. The lowest BCUT2D eigenvalue weighted by Crippen LogP contribution is -2.12. The van der Waals surface area contributed by atoms with E-state index in [1.165, 1.54) is 43.5 Å². The van der Waals surface area contributed by atoms with Crippen molar-refractivity contribution in [2.75, 3.05) is 18.7 Å². The van der Waals surface area contributed by atoms with Crippen LogP contribution in [0.2, 0.25) is 0 Å². The molecule has 0 aliphatic carbocycles. The average molecular weight is 401 g/mol. The lowest BCUT2D eigenvalue weighted by Gasteiger charge is -2.04. The number of nitrogens with zero attached hydrogens (tertiary/aromatic N) is 2. The number of methoxy groups -OCH3 is 1. The van der Waals surface area contributed by atoms with E-state index in [0.717, 1.165) is 6.26 Å². The molecule has 1 N–H and O–H groups in total. The van der Waals surface area contributed by atoms with Crippen LogP contribution in [0.4, 0.5) is 6.01 Å². The van der Waals surface area contributed by atoms with Crippen LogP contribution < -0.4 is 5.32 Å². The highest BCUT2D eigenvalue weighted by Gasteiger charge is 2.19. The second-order valence-electron chi connectivity index (χ2n) is 5.70. The second kappa shape index (κ2) is 7.61. The van der Waals surface area contributed by atoms with Crippen molar-refractivity contribution in [2.45, 2.75) is 4.90 Å². The summed E-state index contributed by atoms with van der Waals surface area (Å²) in [4.78, 5) is 23.7. The molecule has 9 nitrogen and oxygen atoms in total. The molecular weight excluding hydrogens is 386 g/mol. The summed E-state index contributed by atoms with van der Waals surface area (Å²) in [5.74, 6) is -1.10. The van der Waals surface area contributed by atoms with Crippen LogP contribution in [0.1, 0.15) is 20.7 Å². The molecule has 0 saturated carbocycles. The van der Waals surface area contributed by atoms with E-state index < -0.39 is 21.7 Å². The van der Waals surface area contributed by atoms with Gasteiger partial charge >= 0.3 is 12.0 Å². The zero-order chi connectivity index (χ0) is 20.3. The van der Waals surface area contributed by atoms with Crippen LogP contribution in [-0.2, 0) is 14.6 Å². The number of hydrogen-bond donors (Lipinski definition) is 1. The van der Waals surface area contributed by atoms with Crippen molar-refractivity contribution in [1.29, 1.82) is 0 Å². The number of sulfone groups is 1. The largest absolute Gasteiger partial charge is 0.465 e. The van der Waals surface area contributed by atoms with Gasteiger partial charge in [0, 0.05) is 11.8 Å². The van der Waals surface area contributed by atoms with Crippen LogP contribution in [0.15, 0.2) is 57.8 Å². The fraction of sp³-hybridized carbons (Fsp3) is 0.111. The molecule has 0 unspecified atom stereocenters. The maximum atomic E-state index is 12.3. The predicted octanol–water partition coefficient (Wildman–Crippen LogP) is 2.18. The van der Waals surface area contributed by atoms with Gasteiger partial charge in [-0.25, -0.2) is 13.2 Å². The minimum Gasteiger partial charge on any atom is -0.465 e. The van der Waals surface area contributed by atoms with Crippen LogP contribution in [0.3, 0.4) is 0 Å². The zero-order valence-electron chi connectivity index (χ0n) is 14.9. The Bertz CT molecular complexity index is 1140. The van der Waals surface area contributed by atoms with Crippen molar-refractivity contribution in [2.24, 2.45) is 0 Å². The molecule has 28 heavy (non-hydrogen) atoms. The summed E-state index contributed by atoms with van der Waals surface area (Å²) in [5, 5.41) is 9.95. The molecule has 10 heteroatoms. The molecule has 0 aliphatic rings. The number of aromatic nitrogens is 2. The maximum Gasteiger partial charge on any atom is 0.337 e. The highest BCUT2D eigenvalue weighted by atomic mass is 32.2. The van der Waals surface area contributed by atoms with Crippen LogP contribution in [0.25, 0.3) is 11.5 Å². The molecular formula is C18H15N3O6S. The van der Waals surface area contributed by atoms with E-state index in [4.69, 9.17) is 4.42 Å². The van der Waals surface area contributed by atoms with E-state index in [1.54, 1.807) is 12.1 Å². The van der Waals surface area contributed by atoms with Crippen molar-refractivity contribution in [3.05, 3.63) is 59.7 Å². The van der Waals surface area contributed by atoms with Gasteiger partial charge in [-0.1, -0.05) is 17.2 Å². The topological polar surface area (TPSA) is 128 Å². The zero-order valence-corrected chi connectivity index (χ0v) is 15.7. The summed E-state index contributed by atoms with van der Waals surface area (Å²) in [6, 6.07) is 11.8. The predicted molar refractivity (Wildman–Crippen MR) is 98.6 cm³/mol. The van der Waals surface area contributed by atoms with Gasteiger partial charge < -0.3 is 9.15 Å². The molecule has 1 heterocycles. The standard InChI is InChI=1S/C18H15N3O6S/c1-26-17(23)12-9-7-11(8-10-12)15(22)19-18-21-20-16(27-18)13-5-3-4-6-14(13)28(2,24)25/h3-10H,1-2H3,(H,19,21,22). The van der Waals surface area contributed by atoms with E-state index in [1.807, 2.05) is 0 Å². The van der Waals surface area contributed by atoms with Crippen LogP contribution >= 0.6 is 0 Å². The van der Waals surface area contributed by atoms with Gasteiger partial charge in [0.25, 0.3) is 11.8 Å². The lowest BCUT2D eigenvalue weighted by atomic mass is 10.1. The molecule has 144 valence electrons. The first-order valence-corrected chi connectivity index (χ1v) is 9.81. The number of benzene rings is 2. The van der Waals surface area contributed by atoms with Gasteiger partial charge in [0.15, 0.2) is 9.84 Å². The highest BCUT2D eigenvalue weighted by molar-refractivity contribution is 7.90. The molecule has 0 saturated heterocycles. The first-order chi connectivity index (χ1) is 13.3. The quantitative estimate of drug-likeness (QED) is 0.644. The van der Waals surface area contributed by atoms with Gasteiger partial charge in [0.1, 0.15) is 0 Å². The van der Waals surface area contributed by atoms with Crippen LogP contribution in [-0.4, -0.2) is 43.9 Å². The highest BCUT2D eigenvalue weighted by Crippen LogP contribution is 2.27. The molecule has 0 fully saturated rings. The number of carbonyl (C=O) groups is 2. The average Bonchev–Trinajstić information content (AvgIpc) is 3.15. The molecule has 0 atom stereocenters. The summed E-state index contributed by atoms with van der Waals surface area (Å²) < 4.78 is 33.8. The number of amides is 1. The number of anilines is 1. The molecule has 0 aliphatic heterocycles. The van der Waals surface area contributed by atoms with Gasteiger partial charge in [0.05, 0.1) is 23.1 Å². The molecule has 0 bridgehead atoms. The minimum absolute atomic E-state index is 0.0370.